The Morgan fingerprint density at radius 1 is 1.06 bits per heavy atom. The van der Waals surface area contributed by atoms with Crippen molar-refractivity contribution in [2.24, 2.45) is 0 Å². The van der Waals surface area contributed by atoms with Crippen LogP contribution in [0.3, 0.4) is 0 Å². The first kappa shape index (κ1) is 10.3. The van der Waals surface area contributed by atoms with Gasteiger partial charge in [0.2, 0.25) is 5.95 Å². The van der Waals surface area contributed by atoms with Gasteiger partial charge in [0.15, 0.2) is 5.82 Å². The van der Waals surface area contributed by atoms with E-state index in [2.05, 4.69) is 10.2 Å². The molecule has 0 saturated carbocycles. The molecular formula is C10H14N6. The predicted octanol–water partition coefficient (Wildman–Crippen LogP) is -0.0585. The Morgan fingerprint density at radius 2 is 1.81 bits per heavy atom. The molecule has 0 aliphatic heterocycles. The van der Waals surface area contributed by atoms with E-state index in [9.17, 15) is 0 Å². The number of aryl methyl sites for hydroxylation is 2. The quantitative estimate of drug-likeness (QED) is 0.494. The van der Waals surface area contributed by atoms with Crippen molar-refractivity contribution in [3.63, 3.8) is 0 Å². The van der Waals surface area contributed by atoms with Crippen LogP contribution < -0.4 is 17.3 Å². The molecule has 0 fully saturated rings. The summed E-state index contributed by atoms with van der Waals surface area (Å²) >= 11 is 0. The molecule has 2 rings (SSSR count). The zero-order valence-corrected chi connectivity index (χ0v) is 8.80. The summed E-state index contributed by atoms with van der Waals surface area (Å²) in [6.45, 7) is 0. The van der Waals surface area contributed by atoms with Gasteiger partial charge in [0.25, 0.3) is 0 Å². The molecule has 1 heterocycles. The number of anilines is 2. The Labute approximate surface area is 93.0 Å². The molecule has 1 aromatic carbocycles. The molecule has 16 heavy (non-hydrogen) atoms. The second kappa shape index (κ2) is 4.09. The lowest BCUT2D eigenvalue weighted by molar-refractivity contribution is 0.806. The average molecular weight is 218 g/mol. The van der Waals surface area contributed by atoms with E-state index in [1.54, 1.807) is 0 Å². The van der Waals surface area contributed by atoms with Crippen molar-refractivity contribution in [3.05, 3.63) is 35.7 Å². The average Bonchev–Trinajstić information content (AvgIpc) is 2.59. The van der Waals surface area contributed by atoms with E-state index in [0.29, 0.717) is 12.2 Å². The minimum Gasteiger partial charge on any atom is -0.399 e. The van der Waals surface area contributed by atoms with Gasteiger partial charge in [-0.25, -0.2) is 4.68 Å². The van der Waals surface area contributed by atoms with Crippen LogP contribution in [0.1, 0.15) is 11.4 Å². The number of benzene rings is 1. The Balaban J connectivity index is 2.08. The Hall–Kier alpha value is -2.24. The molecule has 2 aromatic rings. The number of rotatable bonds is 3. The van der Waals surface area contributed by atoms with Crippen molar-refractivity contribution in [1.29, 1.82) is 0 Å². The molecule has 6 N–H and O–H groups in total. The van der Waals surface area contributed by atoms with Crippen molar-refractivity contribution < 1.29 is 0 Å². The molecule has 84 valence electrons. The SMILES string of the molecule is Nc1ccccc1CCc1nnc(N)n1N. The van der Waals surface area contributed by atoms with Crippen LogP contribution in [0.4, 0.5) is 11.6 Å². The molecule has 0 radical (unpaired) electrons. The standard InChI is InChI=1S/C10H14N6/c11-8-4-2-1-3-7(8)5-6-9-14-15-10(12)16(9)13/h1-4H,5-6,11,13H2,(H2,12,15). The molecule has 1 aromatic heterocycles. The van der Waals surface area contributed by atoms with Crippen LogP contribution in [0.25, 0.3) is 0 Å². The van der Waals surface area contributed by atoms with Crippen LogP contribution in [0.5, 0.6) is 0 Å². The zero-order chi connectivity index (χ0) is 11.5. The van der Waals surface area contributed by atoms with Crippen molar-refractivity contribution in [2.75, 3.05) is 17.3 Å². The van der Waals surface area contributed by atoms with Crippen LogP contribution in [0.2, 0.25) is 0 Å². The van der Waals surface area contributed by atoms with E-state index < -0.39 is 0 Å². The molecular weight excluding hydrogens is 204 g/mol. The number of hydrogen-bond donors (Lipinski definition) is 3. The lowest BCUT2D eigenvalue weighted by Gasteiger charge is -2.04. The number of nitrogens with two attached hydrogens (primary N) is 3. The predicted molar refractivity (Wildman–Crippen MR) is 62.8 cm³/mol. The normalized spacial score (nSPS) is 10.5. The second-order valence-electron chi connectivity index (χ2n) is 3.54. The van der Waals surface area contributed by atoms with Crippen molar-refractivity contribution >= 4 is 11.6 Å². The minimum absolute atomic E-state index is 0.219. The van der Waals surface area contributed by atoms with Gasteiger partial charge in [0.05, 0.1) is 0 Å². The third-order valence-electron chi connectivity index (χ3n) is 2.47. The van der Waals surface area contributed by atoms with Gasteiger partial charge in [-0.2, -0.15) is 0 Å². The molecule has 0 unspecified atom stereocenters. The van der Waals surface area contributed by atoms with Crippen molar-refractivity contribution in [3.8, 4) is 0 Å². The summed E-state index contributed by atoms with van der Waals surface area (Å²) in [6, 6.07) is 7.71. The van der Waals surface area contributed by atoms with E-state index in [0.717, 1.165) is 17.7 Å². The fourth-order valence-electron chi connectivity index (χ4n) is 1.52. The van der Waals surface area contributed by atoms with Crippen LogP contribution >= 0.6 is 0 Å². The number of aromatic nitrogens is 3. The first-order chi connectivity index (χ1) is 7.68. The third-order valence-corrected chi connectivity index (χ3v) is 2.47. The highest BCUT2D eigenvalue weighted by Gasteiger charge is 2.07. The van der Waals surface area contributed by atoms with Gasteiger partial charge in [-0.15, -0.1) is 10.2 Å². The molecule has 0 aliphatic carbocycles. The van der Waals surface area contributed by atoms with Gasteiger partial charge in [-0.05, 0) is 18.1 Å². The largest absolute Gasteiger partial charge is 0.399 e. The Kier molecular flexibility index (Phi) is 2.63. The highest BCUT2D eigenvalue weighted by molar-refractivity contribution is 5.46. The maximum atomic E-state index is 5.83. The van der Waals surface area contributed by atoms with Crippen LogP contribution in [0, 0.1) is 0 Å². The van der Waals surface area contributed by atoms with Gasteiger partial charge >= 0.3 is 0 Å². The van der Waals surface area contributed by atoms with E-state index in [-0.39, 0.29) is 5.95 Å². The smallest absolute Gasteiger partial charge is 0.240 e. The summed E-state index contributed by atoms with van der Waals surface area (Å²) in [5, 5.41) is 7.57. The van der Waals surface area contributed by atoms with E-state index in [4.69, 9.17) is 17.3 Å². The topological polar surface area (TPSA) is 109 Å². The summed E-state index contributed by atoms with van der Waals surface area (Å²) in [4.78, 5) is 0. The summed E-state index contributed by atoms with van der Waals surface area (Å²) in [5.74, 6) is 6.51. The number of nitrogens with zero attached hydrogens (tertiary/aromatic N) is 3. The van der Waals surface area contributed by atoms with Gasteiger partial charge in [0, 0.05) is 12.1 Å². The minimum atomic E-state index is 0.219. The molecule has 6 nitrogen and oxygen atoms in total. The Morgan fingerprint density at radius 3 is 2.44 bits per heavy atom. The summed E-state index contributed by atoms with van der Waals surface area (Å²) in [5.41, 5.74) is 13.2. The van der Waals surface area contributed by atoms with E-state index in [1.165, 1.54) is 4.68 Å². The highest BCUT2D eigenvalue weighted by Crippen LogP contribution is 2.13. The monoisotopic (exact) mass is 218 g/mol. The molecule has 0 atom stereocenters. The van der Waals surface area contributed by atoms with Crippen LogP contribution in [-0.2, 0) is 12.8 Å². The molecule has 0 amide bonds. The molecule has 0 saturated heterocycles. The highest BCUT2D eigenvalue weighted by atomic mass is 15.4. The molecule has 0 aliphatic rings. The van der Waals surface area contributed by atoms with Gasteiger partial charge in [-0.3, -0.25) is 0 Å². The Bertz CT molecular complexity index is 490. The van der Waals surface area contributed by atoms with E-state index >= 15 is 0 Å². The van der Waals surface area contributed by atoms with Crippen molar-refractivity contribution in [1.82, 2.24) is 14.9 Å². The van der Waals surface area contributed by atoms with Crippen molar-refractivity contribution in [2.45, 2.75) is 12.8 Å². The summed E-state index contributed by atoms with van der Waals surface area (Å²) in [7, 11) is 0. The second-order valence-corrected chi connectivity index (χ2v) is 3.54. The molecule has 6 heteroatoms. The van der Waals surface area contributed by atoms with Gasteiger partial charge < -0.3 is 17.3 Å². The van der Waals surface area contributed by atoms with Crippen LogP contribution in [0.15, 0.2) is 24.3 Å². The van der Waals surface area contributed by atoms with E-state index in [1.807, 2.05) is 24.3 Å². The fourth-order valence-corrected chi connectivity index (χ4v) is 1.52. The number of nitrogen functional groups attached to an aromatic ring is 3. The third kappa shape index (κ3) is 1.90. The fraction of sp³-hybridized carbons (Fsp3) is 0.200. The number of hydrogen-bond acceptors (Lipinski definition) is 5. The summed E-state index contributed by atoms with van der Waals surface area (Å²) < 4.78 is 1.29. The lowest BCUT2D eigenvalue weighted by Crippen LogP contribution is -2.16. The first-order valence-electron chi connectivity index (χ1n) is 4.96. The molecule has 0 spiro atoms. The summed E-state index contributed by atoms with van der Waals surface area (Å²) in [6.07, 6.45) is 1.43. The van der Waals surface area contributed by atoms with Gasteiger partial charge in [0.1, 0.15) is 0 Å². The van der Waals surface area contributed by atoms with Gasteiger partial charge in [-0.1, -0.05) is 18.2 Å². The maximum absolute atomic E-state index is 5.83. The van der Waals surface area contributed by atoms with Crippen LogP contribution in [-0.4, -0.2) is 14.9 Å². The lowest BCUT2D eigenvalue weighted by atomic mass is 10.1. The first-order valence-corrected chi connectivity index (χ1v) is 4.96. The zero-order valence-electron chi connectivity index (χ0n) is 8.80. The molecule has 0 bridgehead atoms. The maximum Gasteiger partial charge on any atom is 0.240 e. The number of para-hydroxylation sites is 1.